The molecular weight excluding hydrogens is 404 g/mol. The molecule has 1 aromatic heterocycles. The van der Waals surface area contributed by atoms with Crippen molar-refractivity contribution >= 4 is 11.7 Å². The number of amides is 1. The minimum Gasteiger partial charge on any atom is -0.462 e. The van der Waals surface area contributed by atoms with Gasteiger partial charge < -0.3 is 19.3 Å². The summed E-state index contributed by atoms with van der Waals surface area (Å²) in [5.74, 6) is 1.64. The highest BCUT2D eigenvalue weighted by atomic mass is 16.5. The van der Waals surface area contributed by atoms with E-state index < -0.39 is 0 Å². The Hall–Kier alpha value is -2.90. The Bertz CT molecular complexity index is 939. The van der Waals surface area contributed by atoms with Crippen LogP contribution in [0.4, 0.5) is 5.82 Å². The largest absolute Gasteiger partial charge is 0.462 e. The number of pyridine rings is 1. The summed E-state index contributed by atoms with van der Waals surface area (Å²) in [6.07, 6.45) is 5.46. The molecule has 0 aliphatic carbocycles. The Morgan fingerprint density at radius 1 is 1.06 bits per heavy atom. The van der Waals surface area contributed by atoms with E-state index in [2.05, 4.69) is 20.9 Å². The monoisotopic (exact) mass is 436 g/mol. The fraction of sp³-hybridized carbons (Fsp3) is 0.440. The SMILES string of the molecule is COCC1=COc2ccc(C)cc2C(=O)N1CCCCN1CCN(c2ccccn2)CC1. The highest BCUT2D eigenvalue weighted by Gasteiger charge is 2.26. The highest BCUT2D eigenvalue weighted by molar-refractivity contribution is 5.98. The maximum absolute atomic E-state index is 13.3. The topological polar surface area (TPSA) is 58.1 Å². The molecule has 0 bridgehead atoms. The molecule has 170 valence electrons. The van der Waals surface area contributed by atoms with Crippen LogP contribution in [0.2, 0.25) is 0 Å². The van der Waals surface area contributed by atoms with Gasteiger partial charge in [-0.2, -0.15) is 0 Å². The van der Waals surface area contributed by atoms with Gasteiger partial charge in [0.15, 0.2) is 0 Å². The number of aromatic nitrogens is 1. The zero-order valence-corrected chi connectivity index (χ0v) is 19.0. The predicted octanol–water partition coefficient (Wildman–Crippen LogP) is 3.31. The molecule has 2 aliphatic rings. The molecule has 2 aliphatic heterocycles. The second kappa shape index (κ2) is 10.6. The number of hydrogen-bond donors (Lipinski definition) is 0. The van der Waals surface area contributed by atoms with Crippen LogP contribution in [0.15, 0.2) is 54.6 Å². The van der Waals surface area contributed by atoms with Gasteiger partial charge in [-0.05, 0) is 50.6 Å². The lowest BCUT2D eigenvalue weighted by molar-refractivity contribution is 0.0771. The summed E-state index contributed by atoms with van der Waals surface area (Å²) in [5, 5.41) is 0. The van der Waals surface area contributed by atoms with Gasteiger partial charge in [-0.1, -0.05) is 17.7 Å². The predicted molar refractivity (Wildman–Crippen MR) is 125 cm³/mol. The summed E-state index contributed by atoms with van der Waals surface area (Å²) in [4.78, 5) is 24.4. The van der Waals surface area contributed by atoms with Gasteiger partial charge in [-0.15, -0.1) is 0 Å². The van der Waals surface area contributed by atoms with E-state index >= 15 is 0 Å². The number of piperazine rings is 1. The summed E-state index contributed by atoms with van der Waals surface area (Å²) in [5.41, 5.74) is 2.41. The average Bonchev–Trinajstić information content (AvgIpc) is 2.95. The number of unbranched alkanes of at least 4 members (excludes halogenated alkanes) is 1. The smallest absolute Gasteiger partial charge is 0.261 e. The van der Waals surface area contributed by atoms with Crippen molar-refractivity contribution in [1.29, 1.82) is 0 Å². The third-order valence-corrected chi connectivity index (χ3v) is 6.02. The van der Waals surface area contributed by atoms with Crippen molar-refractivity contribution in [3.05, 3.63) is 65.7 Å². The molecule has 0 unspecified atom stereocenters. The Morgan fingerprint density at radius 2 is 1.88 bits per heavy atom. The van der Waals surface area contributed by atoms with Gasteiger partial charge in [0, 0.05) is 46.0 Å². The fourth-order valence-electron chi connectivity index (χ4n) is 4.24. The van der Waals surface area contributed by atoms with E-state index in [-0.39, 0.29) is 5.91 Å². The third-order valence-electron chi connectivity index (χ3n) is 6.02. The number of carbonyl (C=O) groups excluding carboxylic acids is 1. The van der Waals surface area contributed by atoms with Gasteiger partial charge in [-0.25, -0.2) is 4.98 Å². The number of nitrogens with zero attached hydrogens (tertiary/aromatic N) is 4. The van der Waals surface area contributed by atoms with Crippen molar-refractivity contribution in [2.75, 3.05) is 57.9 Å². The van der Waals surface area contributed by atoms with Gasteiger partial charge in [0.05, 0.1) is 17.9 Å². The number of hydrogen-bond acceptors (Lipinski definition) is 6. The Balaban J connectivity index is 1.29. The van der Waals surface area contributed by atoms with Crippen molar-refractivity contribution in [2.24, 2.45) is 0 Å². The quantitative estimate of drug-likeness (QED) is 0.592. The summed E-state index contributed by atoms with van der Waals surface area (Å²) in [6.45, 7) is 8.08. The molecule has 7 heteroatoms. The molecule has 7 nitrogen and oxygen atoms in total. The summed E-state index contributed by atoms with van der Waals surface area (Å²) in [6, 6.07) is 11.8. The molecule has 2 aromatic rings. The number of methoxy groups -OCH3 is 1. The molecule has 0 radical (unpaired) electrons. The fourth-order valence-corrected chi connectivity index (χ4v) is 4.24. The van der Waals surface area contributed by atoms with E-state index in [1.54, 1.807) is 13.4 Å². The van der Waals surface area contributed by atoms with Crippen LogP contribution in [-0.2, 0) is 4.74 Å². The van der Waals surface area contributed by atoms with Crippen LogP contribution in [0.5, 0.6) is 5.75 Å². The Morgan fingerprint density at radius 3 is 2.62 bits per heavy atom. The van der Waals surface area contributed by atoms with E-state index in [0.717, 1.165) is 62.6 Å². The molecular formula is C25H32N4O3. The number of benzene rings is 1. The van der Waals surface area contributed by atoms with Crippen molar-refractivity contribution in [3.8, 4) is 5.75 Å². The third kappa shape index (κ3) is 5.29. The van der Waals surface area contributed by atoms with E-state index in [1.165, 1.54) is 0 Å². The van der Waals surface area contributed by atoms with Crippen LogP contribution in [0, 0.1) is 6.92 Å². The van der Waals surface area contributed by atoms with Crippen LogP contribution in [0.1, 0.15) is 28.8 Å². The highest BCUT2D eigenvalue weighted by Crippen LogP contribution is 2.27. The molecule has 0 spiro atoms. The van der Waals surface area contributed by atoms with Gasteiger partial charge in [0.25, 0.3) is 5.91 Å². The van der Waals surface area contributed by atoms with E-state index in [9.17, 15) is 4.79 Å². The number of rotatable bonds is 8. The molecule has 0 saturated carbocycles. The van der Waals surface area contributed by atoms with Crippen molar-refractivity contribution in [2.45, 2.75) is 19.8 Å². The zero-order valence-electron chi connectivity index (χ0n) is 19.0. The number of ether oxygens (including phenoxy) is 2. The lowest BCUT2D eigenvalue weighted by atomic mass is 10.1. The lowest BCUT2D eigenvalue weighted by Crippen LogP contribution is -2.47. The molecule has 1 aromatic carbocycles. The number of aryl methyl sites for hydroxylation is 1. The first-order chi connectivity index (χ1) is 15.7. The van der Waals surface area contributed by atoms with Gasteiger partial charge in [0.2, 0.25) is 0 Å². The first-order valence-electron chi connectivity index (χ1n) is 11.3. The molecule has 3 heterocycles. The van der Waals surface area contributed by atoms with Gasteiger partial charge in [0.1, 0.15) is 17.8 Å². The van der Waals surface area contributed by atoms with Gasteiger partial charge in [-0.3, -0.25) is 9.69 Å². The van der Waals surface area contributed by atoms with E-state index in [4.69, 9.17) is 9.47 Å². The summed E-state index contributed by atoms with van der Waals surface area (Å²) >= 11 is 0. The van der Waals surface area contributed by atoms with Crippen LogP contribution in [0.3, 0.4) is 0 Å². The molecule has 32 heavy (non-hydrogen) atoms. The van der Waals surface area contributed by atoms with E-state index in [1.807, 2.05) is 48.4 Å². The minimum absolute atomic E-state index is 0.0199. The molecule has 0 atom stereocenters. The number of anilines is 1. The van der Waals surface area contributed by atoms with Crippen LogP contribution in [0.25, 0.3) is 0 Å². The van der Waals surface area contributed by atoms with Crippen molar-refractivity contribution < 1.29 is 14.3 Å². The molecule has 0 N–H and O–H groups in total. The number of fused-ring (bicyclic) bond motifs is 1. The molecule has 1 fully saturated rings. The Kier molecular flexibility index (Phi) is 7.39. The van der Waals surface area contributed by atoms with Crippen LogP contribution in [-0.4, -0.2) is 73.7 Å². The second-order valence-corrected chi connectivity index (χ2v) is 8.34. The van der Waals surface area contributed by atoms with Gasteiger partial charge >= 0.3 is 0 Å². The maximum atomic E-state index is 13.3. The first-order valence-corrected chi connectivity index (χ1v) is 11.3. The Labute approximate surface area is 190 Å². The summed E-state index contributed by atoms with van der Waals surface area (Å²) < 4.78 is 11.1. The van der Waals surface area contributed by atoms with Crippen molar-refractivity contribution in [1.82, 2.24) is 14.8 Å². The maximum Gasteiger partial charge on any atom is 0.261 e. The molecule has 4 rings (SSSR count). The second-order valence-electron chi connectivity index (χ2n) is 8.34. The molecule has 1 saturated heterocycles. The zero-order chi connectivity index (χ0) is 22.3. The minimum atomic E-state index is -0.0199. The van der Waals surface area contributed by atoms with Crippen LogP contribution >= 0.6 is 0 Å². The first kappa shape index (κ1) is 22.3. The van der Waals surface area contributed by atoms with E-state index in [0.29, 0.717) is 24.5 Å². The normalized spacial score (nSPS) is 16.9. The standard InChI is InChI=1S/C25H32N4O3/c1-20-8-9-23-22(17-20)25(30)29(21(18-31-2)19-32-23)12-6-5-11-27-13-15-28(16-14-27)24-7-3-4-10-26-24/h3-4,7-10,17,19H,5-6,11-16,18H2,1-2H3. The molecule has 1 amide bonds. The van der Waals surface area contributed by atoms with Crippen LogP contribution < -0.4 is 9.64 Å². The summed E-state index contributed by atoms with van der Waals surface area (Å²) in [7, 11) is 1.64. The van der Waals surface area contributed by atoms with Crippen molar-refractivity contribution in [3.63, 3.8) is 0 Å². The number of carbonyl (C=O) groups is 1. The lowest BCUT2D eigenvalue weighted by Gasteiger charge is -2.35. The average molecular weight is 437 g/mol.